The van der Waals surface area contributed by atoms with Gasteiger partial charge in [-0.15, -0.1) is 10.2 Å². The number of hydrogen-bond acceptors (Lipinski definition) is 7. The molecule has 116 valence electrons. The van der Waals surface area contributed by atoms with Crippen molar-refractivity contribution in [2.24, 2.45) is 5.92 Å². The molecule has 1 heterocycles. The smallest absolute Gasteiger partial charge is 0.230 e. The Bertz CT molecular complexity index is 491. The zero-order valence-corrected chi connectivity index (χ0v) is 13.4. The second-order valence-corrected chi connectivity index (χ2v) is 6.82. The molecule has 21 heavy (non-hydrogen) atoms. The molecule has 0 aromatic carbocycles. The average molecular weight is 330 g/mol. The van der Waals surface area contributed by atoms with Crippen LogP contribution in [0.5, 0.6) is 0 Å². The van der Waals surface area contributed by atoms with Crippen molar-refractivity contribution in [2.75, 3.05) is 31.3 Å². The van der Waals surface area contributed by atoms with Crippen molar-refractivity contribution < 1.29 is 14.3 Å². The lowest BCUT2D eigenvalue weighted by molar-refractivity contribution is -0.122. The van der Waals surface area contributed by atoms with Crippen LogP contribution >= 0.6 is 23.1 Å². The third kappa shape index (κ3) is 5.25. The van der Waals surface area contributed by atoms with Crippen LogP contribution in [0.25, 0.3) is 0 Å². The molecule has 1 saturated carbocycles. The van der Waals surface area contributed by atoms with Crippen molar-refractivity contribution in [3.8, 4) is 0 Å². The van der Waals surface area contributed by atoms with E-state index in [1.165, 1.54) is 23.1 Å². The summed E-state index contributed by atoms with van der Waals surface area (Å²) in [5, 5.41) is 13.9. The minimum absolute atomic E-state index is 0.0197. The maximum atomic E-state index is 11.8. The molecule has 1 aliphatic carbocycles. The molecule has 1 aromatic heterocycles. The predicted octanol–water partition coefficient (Wildman–Crippen LogP) is 1.13. The van der Waals surface area contributed by atoms with Gasteiger partial charge in [0.15, 0.2) is 4.34 Å². The quantitative estimate of drug-likeness (QED) is 0.422. The van der Waals surface area contributed by atoms with Crippen molar-refractivity contribution in [3.05, 3.63) is 0 Å². The number of hydrogen-bond donors (Lipinski definition) is 2. The number of carbonyl (C=O) groups is 2. The van der Waals surface area contributed by atoms with Crippen LogP contribution in [0.15, 0.2) is 4.34 Å². The molecule has 0 unspecified atom stereocenters. The zero-order chi connectivity index (χ0) is 15.1. The van der Waals surface area contributed by atoms with Crippen molar-refractivity contribution in [2.45, 2.75) is 23.6 Å². The van der Waals surface area contributed by atoms with E-state index < -0.39 is 0 Å². The molecule has 1 aliphatic rings. The summed E-state index contributed by atoms with van der Waals surface area (Å²) < 4.78 is 5.51. The summed E-state index contributed by atoms with van der Waals surface area (Å²) in [4.78, 5) is 23.3. The third-order valence-corrected chi connectivity index (χ3v) is 5.04. The average Bonchev–Trinajstić information content (AvgIpc) is 2.82. The lowest BCUT2D eigenvalue weighted by atomic mass is 9.85. The van der Waals surface area contributed by atoms with Crippen LogP contribution in [0.3, 0.4) is 0 Å². The number of ether oxygens (including phenoxy) is 1. The van der Waals surface area contributed by atoms with Crippen LogP contribution in [-0.2, 0) is 14.3 Å². The second kappa shape index (κ2) is 8.30. The van der Waals surface area contributed by atoms with E-state index in [-0.39, 0.29) is 23.5 Å². The van der Waals surface area contributed by atoms with Crippen molar-refractivity contribution in [1.82, 2.24) is 15.5 Å². The van der Waals surface area contributed by atoms with E-state index in [0.717, 1.165) is 19.3 Å². The van der Waals surface area contributed by atoms with Crippen LogP contribution in [0, 0.1) is 5.92 Å². The van der Waals surface area contributed by atoms with Gasteiger partial charge in [-0.25, -0.2) is 0 Å². The third-order valence-electron chi connectivity index (χ3n) is 3.07. The Labute approximate surface area is 131 Å². The second-order valence-electron chi connectivity index (χ2n) is 4.62. The number of nitrogens with one attached hydrogen (secondary N) is 2. The first-order valence-corrected chi connectivity index (χ1v) is 8.52. The minimum atomic E-state index is -0.0766. The molecular weight excluding hydrogens is 312 g/mol. The predicted molar refractivity (Wildman–Crippen MR) is 81.5 cm³/mol. The van der Waals surface area contributed by atoms with Gasteiger partial charge in [-0.3, -0.25) is 9.59 Å². The molecule has 2 rings (SSSR count). The summed E-state index contributed by atoms with van der Waals surface area (Å²) in [5.41, 5.74) is 0. The van der Waals surface area contributed by atoms with Gasteiger partial charge in [0.2, 0.25) is 16.9 Å². The Morgan fingerprint density at radius 3 is 2.90 bits per heavy atom. The molecule has 2 amide bonds. The summed E-state index contributed by atoms with van der Waals surface area (Å²) in [6.07, 6.45) is 3.02. The van der Waals surface area contributed by atoms with Crippen molar-refractivity contribution in [1.29, 1.82) is 0 Å². The molecular formula is C12H18N4O3S2. The van der Waals surface area contributed by atoms with E-state index in [1.807, 2.05) is 0 Å². The fourth-order valence-electron chi connectivity index (χ4n) is 1.67. The van der Waals surface area contributed by atoms with Crippen LogP contribution in [0.4, 0.5) is 5.13 Å². The summed E-state index contributed by atoms with van der Waals surface area (Å²) in [6, 6.07) is 0. The number of nitrogens with zero attached hydrogens (tertiary/aromatic N) is 2. The summed E-state index contributed by atoms with van der Waals surface area (Å²) in [7, 11) is 1.58. The fraction of sp³-hybridized carbons (Fsp3) is 0.667. The van der Waals surface area contributed by atoms with Gasteiger partial charge in [-0.1, -0.05) is 29.5 Å². The SMILES string of the molecule is COCCNC(=O)CSc1nnc(NC(=O)C2CCC2)s1. The van der Waals surface area contributed by atoms with Crippen LogP contribution < -0.4 is 10.6 Å². The molecule has 0 atom stereocenters. The molecule has 2 N–H and O–H groups in total. The van der Waals surface area contributed by atoms with Gasteiger partial charge in [0.25, 0.3) is 0 Å². The standard InChI is InChI=1S/C12H18N4O3S2/c1-19-6-5-13-9(17)7-20-12-16-15-11(21-12)14-10(18)8-3-2-4-8/h8H,2-7H2,1H3,(H,13,17)(H,14,15,18). The highest BCUT2D eigenvalue weighted by Gasteiger charge is 2.25. The highest BCUT2D eigenvalue weighted by Crippen LogP contribution is 2.29. The molecule has 9 heteroatoms. The summed E-state index contributed by atoms with van der Waals surface area (Å²) >= 11 is 2.59. The fourth-order valence-corrected chi connectivity index (χ4v) is 3.25. The van der Waals surface area contributed by atoms with Crippen molar-refractivity contribution in [3.63, 3.8) is 0 Å². The molecule has 1 aromatic rings. The van der Waals surface area contributed by atoms with E-state index >= 15 is 0 Å². The molecule has 0 radical (unpaired) electrons. The normalized spacial score (nSPS) is 14.5. The van der Waals surface area contributed by atoms with Crippen molar-refractivity contribution >= 4 is 40.0 Å². The van der Waals surface area contributed by atoms with Crippen LogP contribution in [0.1, 0.15) is 19.3 Å². The van der Waals surface area contributed by atoms with Gasteiger partial charge in [0.05, 0.1) is 12.4 Å². The molecule has 0 saturated heterocycles. The lowest BCUT2D eigenvalue weighted by Crippen LogP contribution is -2.28. The van der Waals surface area contributed by atoms with Gasteiger partial charge in [0.1, 0.15) is 0 Å². The zero-order valence-electron chi connectivity index (χ0n) is 11.8. The highest BCUT2D eigenvalue weighted by atomic mass is 32.2. The van der Waals surface area contributed by atoms with Crippen LogP contribution in [0.2, 0.25) is 0 Å². The van der Waals surface area contributed by atoms with Crippen LogP contribution in [-0.4, -0.2) is 48.0 Å². The highest BCUT2D eigenvalue weighted by molar-refractivity contribution is 8.01. The van der Waals surface area contributed by atoms with E-state index in [1.54, 1.807) is 7.11 Å². The first-order valence-electron chi connectivity index (χ1n) is 6.72. The summed E-state index contributed by atoms with van der Waals surface area (Å²) in [5.74, 6) is 0.338. The Morgan fingerprint density at radius 2 is 2.24 bits per heavy atom. The summed E-state index contributed by atoms with van der Waals surface area (Å²) in [6.45, 7) is 0.987. The van der Waals surface area contributed by atoms with Gasteiger partial charge in [-0.05, 0) is 12.8 Å². The Kier molecular flexibility index (Phi) is 6.40. The lowest BCUT2D eigenvalue weighted by Gasteiger charge is -2.23. The monoisotopic (exact) mass is 330 g/mol. The number of amides is 2. The van der Waals surface area contributed by atoms with Gasteiger partial charge < -0.3 is 15.4 Å². The van der Waals surface area contributed by atoms with Gasteiger partial charge in [0, 0.05) is 19.6 Å². The Hall–Kier alpha value is -1.19. The van der Waals surface area contributed by atoms with Gasteiger partial charge in [-0.2, -0.15) is 0 Å². The Balaban J connectivity index is 1.70. The van der Waals surface area contributed by atoms with E-state index in [9.17, 15) is 9.59 Å². The number of anilines is 1. The number of thioether (sulfide) groups is 1. The number of rotatable bonds is 8. The minimum Gasteiger partial charge on any atom is -0.383 e. The molecule has 0 spiro atoms. The van der Waals surface area contributed by atoms with E-state index in [2.05, 4.69) is 20.8 Å². The topological polar surface area (TPSA) is 93.2 Å². The Morgan fingerprint density at radius 1 is 1.43 bits per heavy atom. The van der Waals surface area contributed by atoms with Gasteiger partial charge >= 0.3 is 0 Å². The van der Waals surface area contributed by atoms with E-state index in [0.29, 0.717) is 22.6 Å². The first kappa shape index (κ1) is 16.2. The largest absolute Gasteiger partial charge is 0.383 e. The number of carbonyl (C=O) groups excluding carboxylic acids is 2. The molecule has 0 bridgehead atoms. The molecule has 7 nitrogen and oxygen atoms in total. The number of methoxy groups -OCH3 is 1. The molecule has 1 fully saturated rings. The van der Waals surface area contributed by atoms with E-state index in [4.69, 9.17) is 4.74 Å². The molecule has 0 aliphatic heterocycles. The maximum Gasteiger partial charge on any atom is 0.230 e. The maximum absolute atomic E-state index is 11.8. The number of aromatic nitrogens is 2. The first-order chi connectivity index (χ1) is 10.2.